The van der Waals surface area contributed by atoms with Crippen molar-refractivity contribution in [3.05, 3.63) is 23.8 Å². The van der Waals surface area contributed by atoms with Gasteiger partial charge in [0.1, 0.15) is 0 Å². The van der Waals surface area contributed by atoms with E-state index in [2.05, 4.69) is 10.6 Å². The summed E-state index contributed by atoms with van der Waals surface area (Å²) in [5, 5.41) is 15.2. The van der Waals surface area contributed by atoms with E-state index in [0.717, 1.165) is 16.9 Å². The summed E-state index contributed by atoms with van der Waals surface area (Å²) in [6.07, 6.45) is 0.453. The summed E-state index contributed by atoms with van der Waals surface area (Å²) < 4.78 is 0. The minimum Gasteiger partial charge on any atom is -0.396 e. The smallest absolute Gasteiger partial charge is 0.228 e. The van der Waals surface area contributed by atoms with Gasteiger partial charge in [0.25, 0.3) is 0 Å². The average Bonchev–Trinajstić information content (AvgIpc) is 2.66. The maximum atomic E-state index is 11.2. The third-order valence-electron chi connectivity index (χ3n) is 2.93. The van der Waals surface area contributed by atoms with Crippen molar-refractivity contribution in [1.29, 1.82) is 0 Å². The zero-order valence-electron chi connectivity index (χ0n) is 10.2. The summed E-state index contributed by atoms with van der Waals surface area (Å²) in [6.45, 7) is 4.84. The van der Waals surface area contributed by atoms with Gasteiger partial charge < -0.3 is 15.7 Å². The van der Waals surface area contributed by atoms with Crippen molar-refractivity contribution in [2.24, 2.45) is 5.41 Å². The van der Waals surface area contributed by atoms with Crippen molar-refractivity contribution >= 4 is 17.3 Å². The topological polar surface area (TPSA) is 61.4 Å². The molecule has 92 valence electrons. The van der Waals surface area contributed by atoms with Gasteiger partial charge in [0.05, 0.1) is 6.42 Å². The van der Waals surface area contributed by atoms with Crippen LogP contribution in [0.2, 0.25) is 0 Å². The monoisotopic (exact) mass is 234 g/mol. The van der Waals surface area contributed by atoms with Crippen LogP contribution >= 0.6 is 0 Å². The molecule has 1 heterocycles. The number of benzene rings is 1. The molecule has 3 N–H and O–H groups in total. The lowest BCUT2D eigenvalue weighted by Gasteiger charge is -2.22. The van der Waals surface area contributed by atoms with Gasteiger partial charge in [-0.25, -0.2) is 0 Å². The Morgan fingerprint density at radius 1 is 1.47 bits per heavy atom. The van der Waals surface area contributed by atoms with Gasteiger partial charge in [-0.2, -0.15) is 0 Å². The number of amides is 1. The average molecular weight is 234 g/mol. The molecule has 0 fully saturated rings. The molecule has 0 radical (unpaired) electrons. The number of carbonyl (C=O) groups is 1. The van der Waals surface area contributed by atoms with E-state index in [4.69, 9.17) is 5.11 Å². The van der Waals surface area contributed by atoms with E-state index in [1.54, 1.807) is 0 Å². The first-order chi connectivity index (χ1) is 8.00. The van der Waals surface area contributed by atoms with Crippen molar-refractivity contribution in [3.8, 4) is 0 Å². The van der Waals surface area contributed by atoms with Crippen LogP contribution in [-0.4, -0.2) is 24.2 Å². The van der Waals surface area contributed by atoms with Crippen LogP contribution in [-0.2, 0) is 11.2 Å². The molecule has 0 atom stereocenters. The Hall–Kier alpha value is -1.55. The minimum absolute atomic E-state index is 0.0489. The molecular formula is C13H18N2O2. The Labute approximate surface area is 101 Å². The first-order valence-electron chi connectivity index (χ1n) is 5.78. The van der Waals surface area contributed by atoms with Crippen LogP contribution in [0.4, 0.5) is 11.4 Å². The summed E-state index contributed by atoms with van der Waals surface area (Å²) >= 11 is 0. The number of aliphatic hydroxyl groups excluding tert-OH is 1. The lowest BCUT2D eigenvalue weighted by molar-refractivity contribution is -0.115. The molecule has 4 nitrogen and oxygen atoms in total. The zero-order chi connectivity index (χ0) is 12.5. The number of hydrogen-bond acceptors (Lipinski definition) is 3. The lowest BCUT2D eigenvalue weighted by Crippen LogP contribution is -2.26. The van der Waals surface area contributed by atoms with E-state index in [1.807, 2.05) is 32.0 Å². The SMILES string of the molecule is CC(C)(CO)CNc1ccc2c(c1)CC(=O)N2. The van der Waals surface area contributed by atoms with Crippen LogP contribution in [0.3, 0.4) is 0 Å². The molecular weight excluding hydrogens is 216 g/mol. The Kier molecular flexibility index (Phi) is 3.07. The minimum atomic E-state index is -0.146. The standard InChI is InChI=1S/C13H18N2O2/c1-13(2,8-16)7-14-10-3-4-11-9(5-10)6-12(17)15-11/h3-5,14,16H,6-8H2,1-2H3,(H,15,17). The summed E-state index contributed by atoms with van der Waals surface area (Å²) in [5.74, 6) is 0.0489. The largest absolute Gasteiger partial charge is 0.396 e. The molecule has 0 bridgehead atoms. The molecule has 2 rings (SSSR count). The second kappa shape index (κ2) is 4.37. The highest BCUT2D eigenvalue weighted by Gasteiger charge is 2.19. The highest BCUT2D eigenvalue weighted by Crippen LogP contribution is 2.26. The molecule has 1 aromatic carbocycles. The fourth-order valence-corrected chi connectivity index (χ4v) is 1.74. The van der Waals surface area contributed by atoms with E-state index in [-0.39, 0.29) is 17.9 Å². The van der Waals surface area contributed by atoms with Crippen LogP contribution in [0.15, 0.2) is 18.2 Å². The summed E-state index contributed by atoms with van der Waals surface area (Å²) in [5.41, 5.74) is 2.78. The fourth-order valence-electron chi connectivity index (χ4n) is 1.74. The predicted octanol–water partition coefficient (Wildman–Crippen LogP) is 1.61. The van der Waals surface area contributed by atoms with Crippen molar-refractivity contribution in [1.82, 2.24) is 0 Å². The van der Waals surface area contributed by atoms with Crippen molar-refractivity contribution in [2.45, 2.75) is 20.3 Å². The Balaban J connectivity index is 2.04. The van der Waals surface area contributed by atoms with Gasteiger partial charge in [0.2, 0.25) is 5.91 Å². The summed E-state index contributed by atoms with van der Waals surface area (Å²) in [6, 6.07) is 5.84. The van der Waals surface area contributed by atoms with E-state index in [1.165, 1.54) is 0 Å². The number of rotatable bonds is 4. The van der Waals surface area contributed by atoms with E-state index in [9.17, 15) is 4.79 Å². The van der Waals surface area contributed by atoms with Gasteiger partial charge in [0.15, 0.2) is 0 Å². The number of anilines is 2. The lowest BCUT2D eigenvalue weighted by atomic mass is 9.95. The number of carbonyl (C=O) groups excluding carboxylic acids is 1. The molecule has 4 heteroatoms. The summed E-state index contributed by atoms with van der Waals surface area (Å²) in [4.78, 5) is 11.2. The highest BCUT2D eigenvalue weighted by atomic mass is 16.3. The second-order valence-electron chi connectivity index (χ2n) is 5.27. The molecule has 1 aliphatic heterocycles. The molecule has 0 aromatic heterocycles. The number of fused-ring (bicyclic) bond motifs is 1. The zero-order valence-corrected chi connectivity index (χ0v) is 10.2. The van der Waals surface area contributed by atoms with Gasteiger partial charge in [-0.05, 0) is 23.8 Å². The van der Waals surface area contributed by atoms with Crippen LogP contribution in [0.5, 0.6) is 0 Å². The van der Waals surface area contributed by atoms with Crippen molar-refractivity contribution in [2.75, 3.05) is 23.8 Å². The molecule has 0 saturated carbocycles. The first-order valence-corrected chi connectivity index (χ1v) is 5.78. The van der Waals surface area contributed by atoms with Gasteiger partial charge in [0, 0.05) is 29.9 Å². The van der Waals surface area contributed by atoms with Crippen LogP contribution in [0.25, 0.3) is 0 Å². The first kappa shape index (κ1) is 11.9. The quantitative estimate of drug-likeness (QED) is 0.741. The predicted molar refractivity (Wildman–Crippen MR) is 68.1 cm³/mol. The van der Waals surface area contributed by atoms with Crippen molar-refractivity contribution < 1.29 is 9.90 Å². The molecule has 17 heavy (non-hydrogen) atoms. The second-order valence-corrected chi connectivity index (χ2v) is 5.27. The van der Waals surface area contributed by atoms with Gasteiger partial charge >= 0.3 is 0 Å². The molecule has 0 saturated heterocycles. The van der Waals surface area contributed by atoms with Gasteiger partial charge in [-0.3, -0.25) is 4.79 Å². The Bertz CT molecular complexity index is 441. The number of nitrogens with one attached hydrogen (secondary N) is 2. The van der Waals surface area contributed by atoms with Gasteiger partial charge in [-0.15, -0.1) is 0 Å². The maximum Gasteiger partial charge on any atom is 0.228 e. The highest BCUT2D eigenvalue weighted by molar-refractivity contribution is 5.99. The van der Waals surface area contributed by atoms with Crippen molar-refractivity contribution in [3.63, 3.8) is 0 Å². The van der Waals surface area contributed by atoms with Gasteiger partial charge in [-0.1, -0.05) is 13.8 Å². The fraction of sp³-hybridized carbons (Fsp3) is 0.462. The Morgan fingerprint density at radius 3 is 2.94 bits per heavy atom. The molecule has 0 unspecified atom stereocenters. The van der Waals surface area contributed by atoms with E-state index < -0.39 is 0 Å². The van der Waals surface area contributed by atoms with Crippen LogP contribution in [0.1, 0.15) is 19.4 Å². The van der Waals surface area contributed by atoms with Crippen LogP contribution in [0, 0.1) is 5.41 Å². The van der Waals surface area contributed by atoms with E-state index in [0.29, 0.717) is 13.0 Å². The Morgan fingerprint density at radius 2 is 2.24 bits per heavy atom. The molecule has 0 aliphatic carbocycles. The summed E-state index contributed by atoms with van der Waals surface area (Å²) in [7, 11) is 0. The molecule has 1 amide bonds. The maximum absolute atomic E-state index is 11.2. The third-order valence-corrected chi connectivity index (χ3v) is 2.93. The molecule has 0 spiro atoms. The third kappa shape index (κ3) is 2.77. The van der Waals surface area contributed by atoms with Crippen LogP contribution < -0.4 is 10.6 Å². The molecule has 1 aromatic rings. The number of hydrogen-bond donors (Lipinski definition) is 3. The normalized spacial score (nSPS) is 14.4. The van der Waals surface area contributed by atoms with E-state index >= 15 is 0 Å². The number of aliphatic hydroxyl groups is 1. The molecule has 1 aliphatic rings.